The monoisotopic (exact) mass is 443 g/mol. The van der Waals surface area contributed by atoms with Crippen LogP contribution in [0.1, 0.15) is 24.9 Å². The van der Waals surface area contributed by atoms with Gasteiger partial charge in [0, 0.05) is 38.1 Å². The van der Waals surface area contributed by atoms with Gasteiger partial charge in [-0.15, -0.1) is 0 Å². The van der Waals surface area contributed by atoms with E-state index in [1.54, 1.807) is 0 Å². The standard InChI is InChI=1S/C19H23Cl2N3O3S/c1-13(15-6-4-5-7-16(15)20)22-11-10-19(25)23-18-12-14(8-9-17(18)21)28(26,27)24(2)3/h4-9,12-13,22H,10-11H2,1-3H3,(H,23,25). The smallest absolute Gasteiger partial charge is 0.242 e. The molecule has 1 atom stereocenters. The minimum absolute atomic E-state index is 0.0151. The zero-order valence-electron chi connectivity index (χ0n) is 15.9. The van der Waals surface area contributed by atoms with Crippen LogP contribution in [-0.2, 0) is 14.8 Å². The van der Waals surface area contributed by atoms with Gasteiger partial charge in [-0.1, -0.05) is 41.4 Å². The number of nitrogens with zero attached hydrogens (tertiary/aromatic N) is 1. The third-order valence-electron chi connectivity index (χ3n) is 4.16. The van der Waals surface area contributed by atoms with Crippen molar-refractivity contribution in [3.63, 3.8) is 0 Å². The lowest BCUT2D eigenvalue weighted by atomic mass is 10.1. The second kappa shape index (κ2) is 9.71. The molecule has 6 nitrogen and oxygen atoms in total. The minimum atomic E-state index is -3.62. The zero-order chi connectivity index (χ0) is 20.9. The third-order valence-corrected chi connectivity index (χ3v) is 6.65. The highest BCUT2D eigenvalue weighted by Crippen LogP contribution is 2.26. The maximum Gasteiger partial charge on any atom is 0.242 e. The summed E-state index contributed by atoms with van der Waals surface area (Å²) in [5.41, 5.74) is 1.21. The summed E-state index contributed by atoms with van der Waals surface area (Å²) in [7, 11) is -0.739. The van der Waals surface area contributed by atoms with Crippen LogP contribution in [0.15, 0.2) is 47.4 Å². The van der Waals surface area contributed by atoms with Crippen LogP contribution >= 0.6 is 23.2 Å². The maximum atomic E-state index is 12.2. The van der Waals surface area contributed by atoms with Gasteiger partial charge in [-0.3, -0.25) is 4.79 Å². The Balaban J connectivity index is 1.97. The Kier molecular flexibility index (Phi) is 7.86. The number of anilines is 1. The first-order chi connectivity index (χ1) is 13.1. The molecule has 0 radical (unpaired) electrons. The Hall–Kier alpha value is -1.64. The van der Waals surface area contributed by atoms with Crippen molar-refractivity contribution in [1.82, 2.24) is 9.62 Å². The molecule has 0 saturated carbocycles. The van der Waals surface area contributed by atoms with Gasteiger partial charge < -0.3 is 10.6 Å². The summed E-state index contributed by atoms with van der Waals surface area (Å²) in [5.74, 6) is -0.278. The van der Waals surface area contributed by atoms with Crippen LogP contribution in [0.3, 0.4) is 0 Å². The Morgan fingerprint density at radius 2 is 1.79 bits per heavy atom. The van der Waals surface area contributed by atoms with Crippen molar-refractivity contribution in [3.8, 4) is 0 Å². The predicted molar refractivity (Wildman–Crippen MR) is 113 cm³/mol. The van der Waals surface area contributed by atoms with Crippen molar-refractivity contribution in [3.05, 3.63) is 58.1 Å². The maximum absolute atomic E-state index is 12.2. The third kappa shape index (κ3) is 5.68. The fourth-order valence-electron chi connectivity index (χ4n) is 2.52. The molecule has 2 rings (SSSR count). The predicted octanol–water partition coefficient (Wildman–Crippen LogP) is 3.92. The Bertz CT molecular complexity index is 949. The SMILES string of the molecule is CC(NCCC(=O)Nc1cc(S(=O)(=O)N(C)C)ccc1Cl)c1ccccc1Cl. The van der Waals surface area contributed by atoms with Crippen molar-refractivity contribution in [2.24, 2.45) is 0 Å². The molecule has 0 aliphatic rings. The molecule has 0 fully saturated rings. The Labute approximate surface area is 175 Å². The average molecular weight is 444 g/mol. The molecular formula is C19H23Cl2N3O3S. The van der Waals surface area contributed by atoms with E-state index < -0.39 is 10.0 Å². The van der Waals surface area contributed by atoms with Gasteiger partial charge in [-0.25, -0.2) is 12.7 Å². The van der Waals surface area contributed by atoms with E-state index in [1.807, 2.05) is 31.2 Å². The Morgan fingerprint density at radius 1 is 1.11 bits per heavy atom. The van der Waals surface area contributed by atoms with Crippen LogP contribution in [-0.4, -0.2) is 39.3 Å². The molecule has 2 aromatic carbocycles. The van der Waals surface area contributed by atoms with E-state index in [-0.39, 0.29) is 34.0 Å². The minimum Gasteiger partial charge on any atom is -0.325 e. The normalized spacial score (nSPS) is 12.8. The van der Waals surface area contributed by atoms with Crippen molar-refractivity contribution in [2.45, 2.75) is 24.3 Å². The van der Waals surface area contributed by atoms with Crippen LogP contribution in [0, 0.1) is 0 Å². The number of halogens is 2. The number of rotatable bonds is 8. The van der Waals surface area contributed by atoms with E-state index >= 15 is 0 Å². The molecule has 1 unspecified atom stereocenters. The van der Waals surface area contributed by atoms with Gasteiger partial charge in [-0.05, 0) is 36.8 Å². The molecule has 0 heterocycles. The van der Waals surface area contributed by atoms with Gasteiger partial charge in [0.25, 0.3) is 0 Å². The molecule has 0 aliphatic carbocycles. The van der Waals surface area contributed by atoms with Gasteiger partial charge in [0.15, 0.2) is 0 Å². The number of hydrogen-bond donors (Lipinski definition) is 2. The fraction of sp³-hybridized carbons (Fsp3) is 0.316. The molecule has 1 amide bonds. The molecule has 152 valence electrons. The summed E-state index contributed by atoms with van der Waals surface area (Å²) in [6.07, 6.45) is 0.190. The van der Waals surface area contributed by atoms with E-state index in [1.165, 1.54) is 32.3 Å². The topological polar surface area (TPSA) is 78.5 Å². The zero-order valence-corrected chi connectivity index (χ0v) is 18.2. The molecule has 0 bridgehead atoms. The van der Waals surface area contributed by atoms with Gasteiger partial charge in [0.1, 0.15) is 0 Å². The highest BCUT2D eigenvalue weighted by Gasteiger charge is 2.19. The second-order valence-corrected chi connectivity index (χ2v) is 9.39. The van der Waals surface area contributed by atoms with E-state index in [2.05, 4.69) is 10.6 Å². The summed E-state index contributed by atoms with van der Waals surface area (Å²) in [6, 6.07) is 11.7. The van der Waals surface area contributed by atoms with Crippen molar-refractivity contribution in [1.29, 1.82) is 0 Å². The first-order valence-corrected chi connectivity index (χ1v) is 10.8. The molecule has 0 spiro atoms. The first-order valence-electron chi connectivity index (χ1n) is 8.62. The van der Waals surface area contributed by atoms with Gasteiger partial charge in [0.2, 0.25) is 15.9 Å². The van der Waals surface area contributed by atoms with Gasteiger partial charge in [-0.2, -0.15) is 0 Å². The van der Waals surface area contributed by atoms with Crippen LogP contribution in [0.2, 0.25) is 10.0 Å². The summed E-state index contributed by atoms with van der Waals surface area (Å²) in [6.45, 7) is 2.39. The number of carbonyl (C=O) groups is 1. The van der Waals surface area contributed by atoms with Crippen LogP contribution < -0.4 is 10.6 Å². The van der Waals surface area contributed by atoms with Crippen molar-refractivity contribution in [2.75, 3.05) is 26.0 Å². The molecule has 0 saturated heterocycles. The summed E-state index contributed by atoms with van der Waals surface area (Å²) in [4.78, 5) is 12.3. The molecule has 0 aliphatic heterocycles. The lowest BCUT2D eigenvalue weighted by molar-refractivity contribution is -0.116. The summed E-state index contributed by atoms with van der Waals surface area (Å²) < 4.78 is 25.6. The molecular weight excluding hydrogens is 421 g/mol. The summed E-state index contributed by atoms with van der Waals surface area (Å²) in [5, 5.41) is 6.84. The van der Waals surface area contributed by atoms with Gasteiger partial charge in [0.05, 0.1) is 15.6 Å². The van der Waals surface area contributed by atoms with E-state index in [4.69, 9.17) is 23.2 Å². The number of nitrogens with one attached hydrogen (secondary N) is 2. The number of benzene rings is 2. The van der Waals surface area contributed by atoms with E-state index in [9.17, 15) is 13.2 Å². The molecule has 2 N–H and O–H groups in total. The lowest BCUT2D eigenvalue weighted by Crippen LogP contribution is -2.25. The molecule has 9 heteroatoms. The fourth-order valence-corrected chi connectivity index (χ4v) is 3.92. The summed E-state index contributed by atoms with van der Waals surface area (Å²) >= 11 is 12.3. The van der Waals surface area contributed by atoms with E-state index in [0.717, 1.165) is 9.87 Å². The molecule has 28 heavy (non-hydrogen) atoms. The van der Waals surface area contributed by atoms with E-state index in [0.29, 0.717) is 11.6 Å². The van der Waals surface area contributed by atoms with Crippen LogP contribution in [0.5, 0.6) is 0 Å². The first kappa shape index (κ1) is 22.6. The number of hydrogen-bond acceptors (Lipinski definition) is 4. The largest absolute Gasteiger partial charge is 0.325 e. The number of carbonyl (C=O) groups excluding carboxylic acids is 1. The second-order valence-electron chi connectivity index (χ2n) is 6.42. The Morgan fingerprint density at radius 3 is 2.43 bits per heavy atom. The highest BCUT2D eigenvalue weighted by atomic mass is 35.5. The molecule has 0 aromatic heterocycles. The van der Waals surface area contributed by atoms with Crippen LogP contribution in [0.4, 0.5) is 5.69 Å². The number of amides is 1. The highest BCUT2D eigenvalue weighted by molar-refractivity contribution is 7.89. The van der Waals surface area contributed by atoms with Crippen molar-refractivity contribution < 1.29 is 13.2 Å². The lowest BCUT2D eigenvalue weighted by Gasteiger charge is -2.16. The molecule has 2 aromatic rings. The van der Waals surface area contributed by atoms with Crippen molar-refractivity contribution >= 4 is 44.8 Å². The number of sulfonamides is 1. The average Bonchev–Trinajstić information content (AvgIpc) is 2.63. The van der Waals surface area contributed by atoms with Crippen LogP contribution in [0.25, 0.3) is 0 Å². The quantitative estimate of drug-likeness (QED) is 0.647. The van der Waals surface area contributed by atoms with Gasteiger partial charge >= 0.3 is 0 Å².